The molecule has 2 rings (SSSR count). The van der Waals surface area contributed by atoms with Crippen LogP contribution in [0.25, 0.3) is 0 Å². The van der Waals surface area contributed by atoms with Crippen molar-refractivity contribution in [1.29, 1.82) is 0 Å². The molecule has 1 aromatic rings. The van der Waals surface area contributed by atoms with Crippen LogP contribution < -0.4 is 5.73 Å². The van der Waals surface area contributed by atoms with Gasteiger partial charge in [0.2, 0.25) is 0 Å². The zero-order chi connectivity index (χ0) is 12.3. The van der Waals surface area contributed by atoms with Crippen molar-refractivity contribution < 1.29 is 0 Å². The van der Waals surface area contributed by atoms with Crippen LogP contribution in [0.5, 0.6) is 0 Å². The van der Waals surface area contributed by atoms with Crippen LogP contribution in [0.1, 0.15) is 62.9 Å². The Balaban J connectivity index is 2.00. The topological polar surface area (TPSA) is 51.8 Å². The lowest BCUT2D eigenvalue weighted by molar-refractivity contribution is 0.302. The normalized spacial score (nSPS) is 24.8. The van der Waals surface area contributed by atoms with Gasteiger partial charge >= 0.3 is 0 Å². The van der Waals surface area contributed by atoms with Crippen molar-refractivity contribution in [3.05, 3.63) is 17.6 Å². The standard InChI is InChI=1S/C14H23N3/c1-3-4-11-5-7-12(8-6-11)14-16-10(2)9-13(15)17-14/h9,11-12H,3-8H2,1-2H3,(H2,15,16,17). The molecule has 3 nitrogen and oxygen atoms in total. The van der Waals surface area contributed by atoms with Crippen LogP contribution in [0.15, 0.2) is 6.07 Å². The summed E-state index contributed by atoms with van der Waals surface area (Å²) in [7, 11) is 0. The molecule has 17 heavy (non-hydrogen) atoms. The monoisotopic (exact) mass is 233 g/mol. The third-order valence-electron chi connectivity index (χ3n) is 3.80. The molecule has 1 heterocycles. The molecule has 0 atom stereocenters. The Bertz CT molecular complexity index is 347. The van der Waals surface area contributed by atoms with Gasteiger partial charge in [0.25, 0.3) is 0 Å². The van der Waals surface area contributed by atoms with Gasteiger partial charge in [-0.3, -0.25) is 0 Å². The van der Waals surface area contributed by atoms with E-state index in [0.717, 1.165) is 17.4 Å². The van der Waals surface area contributed by atoms with Gasteiger partial charge in [-0.05, 0) is 38.5 Å². The minimum absolute atomic E-state index is 0.533. The summed E-state index contributed by atoms with van der Waals surface area (Å²) in [5.74, 6) is 3.05. The molecule has 0 spiro atoms. The highest BCUT2D eigenvalue weighted by atomic mass is 14.9. The van der Waals surface area contributed by atoms with Crippen molar-refractivity contribution in [2.75, 3.05) is 5.73 Å². The molecule has 0 amide bonds. The van der Waals surface area contributed by atoms with Crippen LogP contribution in [0.3, 0.4) is 0 Å². The molecule has 94 valence electrons. The summed E-state index contributed by atoms with van der Waals surface area (Å²) in [5, 5.41) is 0. The lowest BCUT2D eigenvalue weighted by atomic mass is 9.80. The van der Waals surface area contributed by atoms with E-state index in [2.05, 4.69) is 16.9 Å². The van der Waals surface area contributed by atoms with Crippen LogP contribution in [0.4, 0.5) is 5.82 Å². The minimum Gasteiger partial charge on any atom is -0.384 e. The van der Waals surface area contributed by atoms with Gasteiger partial charge in [-0.1, -0.05) is 19.8 Å². The second-order valence-electron chi connectivity index (χ2n) is 5.30. The summed E-state index contributed by atoms with van der Waals surface area (Å²) in [5.41, 5.74) is 6.78. The molecule has 0 bridgehead atoms. The maximum atomic E-state index is 5.79. The van der Waals surface area contributed by atoms with Gasteiger partial charge in [-0.15, -0.1) is 0 Å². The predicted molar refractivity (Wildman–Crippen MR) is 70.8 cm³/mol. The van der Waals surface area contributed by atoms with E-state index in [4.69, 9.17) is 5.73 Å². The fourth-order valence-electron chi connectivity index (χ4n) is 2.92. The van der Waals surface area contributed by atoms with Gasteiger partial charge in [0, 0.05) is 17.7 Å². The molecule has 1 aliphatic rings. The highest BCUT2D eigenvalue weighted by molar-refractivity contribution is 5.30. The van der Waals surface area contributed by atoms with Gasteiger partial charge < -0.3 is 5.73 Å². The Kier molecular flexibility index (Phi) is 3.97. The molecule has 0 aromatic carbocycles. The summed E-state index contributed by atoms with van der Waals surface area (Å²) in [6, 6.07) is 1.84. The van der Waals surface area contributed by atoms with E-state index >= 15 is 0 Å². The summed E-state index contributed by atoms with van der Waals surface area (Å²) < 4.78 is 0. The molecule has 0 saturated heterocycles. The van der Waals surface area contributed by atoms with Crippen molar-refractivity contribution in [2.45, 2.75) is 58.3 Å². The molecule has 0 aliphatic heterocycles. The first-order valence-electron chi connectivity index (χ1n) is 6.80. The van der Waals surface area contributed by atoms with E-state index in [1.54, 1.807) is 0 Å². The van der Waals surface area contributed by atoms with Gasteiger partial charge in [0.1, 0.15) is 11.6 Å². The summed E-state index contributed by atoms with van der Waals surface area (Å²) in [6.45, 7) is 4.26. The van der Waals surface area contributed by atoms with E-state index in [9.17, 15) is 0 Å². The zero-order valence-electron chi connectivity index (χ0n) is 10.9. The number of aryl methyl sites for hydroxylation is 1. The molecule has 0 radical (unpaired) electrons. The van der Waals surface area contributed by atoms with Gasteiger partial charge in [0.05, 0.1) is 0 Å². The molecule has 0 unspecified atom stereocenters. The first-order valence-corrected chi connectivity index (χ1v) is 6.80. The number of nitrogens with zero attached hydrogens (tertiary/aromatic N) is 2. The van der Waals surface area contributed by atoms with Crippen molar-refractivity contribution in [2.24, 2.45) is 5.92 Å². The number of anilines is 1. The van der Waals surface area contributed by atoms with Crippen LogP contribution >= 0.6 is 0 Å². The molecule has 1 saturated carbocycles. The maximum Gasteiger partial charge on any atom is 0.134 e. The van der Waals surface area contributed by atoms with E-state index in [1.165, 1.54) is 38.5 Å². The Morgan fingerprint density at radius 1 is 1.24 bits per heavy atom. The third kappa shape index (κ3) is 3.18. The third-order valence-corrected chi connectivity index (χ3v) is 3.80. The number of hydrogen-bond donors (Lipinski definition) is 1. The number of hydrogen-bond acceptors (Lipinski definition) is 3. The van der Waals surface area contributed by atoms with E-state index in [0.29, 0.717) is 11.7 Å². The maximum absolute atomic E-state index is 5.79. The lowest BCUT2D eigenvalue weighted by Crippen LogP contribution is -2.16. The smallest absolute Gasteiger partial charge is 0.134 e. The van der Waals surface area contributed by atoms with Crippen molar-refractivity contribution in [3.63, 3.8) is 0 Å². The van der Waals surface area contributed by atoms with E-state index < -0.39 is 0 Å². The average molecular weight is 233 g/mol. The van der Waals surface area contributed by atoms with Crippen LogP contribution in [-0.4, -0.2) is 9.97 Å². The Labute approximate surface area is 104 Å². The van der Waals surface area contributed by atoms with Crippen molar-refractivity contribution in [1.82, 2.24) is 9.97 Å². The Hall–Kier alpha value is -1.12. The van der Waals surface area contributed by atoms with Gasteiger partial charge in [0.15, 0.2) is 0 Å². The molecule has 3 heteroatoms. The fraction of sp³-hybridized carbons (Fsp3) is 0.714. The largest absolute Gasteiger partial charge is 0.384 e. The van der Waals surface area contributed by atoms with Crippen LogP contribution in [0, 0.1) is 12.8 Å². The highest BCUT2D eigenvalue weighted by Gasteiger charge is 2.23. The summed E-state index contributed by atoms with van der Waals surface area (Å²) in [6.07, 6.45) is 7.80. The first kappa shape index (κ1) is 12.3. The first-order chi connectivity index (χ1) is 8.19. The van der Waals surface area contributed by atoms with Gasteiger partial charge in [-0.2, -0.15) is 0 Å². The molecule has 2 N–H and O–H groups in total. The number of nitrogens with two attached hydrogens (primary N) is 1. The minimum atomic E-state index is 0.533. The van der Waals surface area contributed by atoms with Crippen LogP contribution in [-0.2, 0) is 0 Å². The Morgan fingerprint density at radius 3 is 2.53 bits per heavy atom. The van der Waals surface area contributed by atoms with Crippen molar-refractivity contribution in [3.8, 4) is 0 Å². The average Bonchev–Trinajstić information content (AvgIpc) is 2.29. The Morgan fingerprint density at radius 2 is 1.94 bits per heavy atom. The molecule has 1 fully saturated rings. The van der Waals surface area contributed by atoms with Gasteiger partial charge in [-0.25, -0.2) is 9.97 Å². The zero-order valence-corrected chi connectivity index (χ0v) is 10.9. The van der Waals surface area contributed by atoms with E-state index in [-0.39, 0.29) is 0 Å². The second-order valence-corrected chi connectivity index (χ2v) is 5.30. The second kappa shape index (κ2) is 5.48. The summed E-state index contributed by atoms with van der Waals surface area (Å²) >= 11 is 0. The molecular weight excluding hydrogens is 210 g/mol. The molecule has 1 aromatic heterocycles. The fourth-order valence-corrected chi connectivity index (χ4v) is 2.92. The number of rotatable bonds is 3. The molecule has 1 aliphatic carbocycles. The van der Waals surface area contributed by atoms with Crippen molar-refractivity contribution >= 4 is 5.82 Å². The van der Waals surface area contributed by atoms with Crippen LogP contribution in [0.2, 0.25) is 0 Å². The van der Waals surface area contributed by atoms with E-state index in [1.807, 2.05) is 13.0 Å². The highest BCUT2D eigenvalue weighted by Crippen LogP contribution is 2.36. The summed E-state index contributed by atoms with van der Waals surface area (Å²) in [4.78, 5) is 8.93. The molecular formula is C14H23N3. The predicted octanol–water partition coefficient (Wildman–Crippen LogP) is 3.44. The lowest BCUT2D eigenvalue weighted by Gasteiger charge is -2.27. The quantitative estimate of drug-likeness (QED) is 0.870. The SMILES string of the molecule is CCCC1CCC(c2nc(C)cc(N)n2)CC1. The number of nitrogen functional groups attached to an aromatic ring is 1. The number of aromatic nitrogens is 2.